The van der Waals surface area contributed by atoms with Gasteiger partial charge in [0.05, 0.1) is 25.3 Å². The fourth-order valence-corrected chi connectivity index (χ4v) is 4.09. The molecule has 0 N–H and O–H groups in total. The van der Waals surface area contributed by atoms with E-state index in [1.54, 1.807) is 0 Å². The van der Waals surface area contributed by atoms with Crippen LogP contribution in [0.4, 0.5) is 4.79 Å². The first kappa shape index (κ1) is 18.3. The molecule has 4 nitrogen and oxygen atoms in total. The number of ether oxygens (including phenoxy) is 2. The Balaban J connectivity index is 1.50. The Morgan fingerprint density at radius 3 is 2.70 bits per heavy atom. The minimum atomic E-state index is -0.262. The Morgan fingerprint density at radius 1 is 1.11 bits per heavy atom. The molecule has 0 saturated carbocycles. The van der Waals surface area contributed by atoms with Crippen LogP contribution in [0.2, 0.25) is 0 Å². The second-order valence-electron chi connectivity index (χ2n) is 6.94. The molecule has 2 aromatic rings. The van der Waals surface area contributed by atoms with Gasteiger partial charge in [0.1, 0.15) is 6.61 Å². The average Bonchev–Trinajstić information content (AvgIpc) is 2.72. The van der Waals surface area contributed by atoms with Gasteiger partial charge >= 0.3 is 6.09 Å². The highest BCUT2D eigenvalue weighted by Crippen LogP contribution is 2.33. The summed E-state index contributed by atoms with van der Waals surface area (Å²) >= 11 is 3.52. The van der Waals surface area contributed by atoms with Crippen LogP contribution >= 0.6 is 15.9 Å². The van der Waals surface area contributed by atoms with Crippen LogP contribution in [0.1, 0.15) is 23.1 Å². The lowest BCUT2D eigenvalue weighted by Gasteiger charge is -2.43. The third-order valence-electron chi connectivity index (χ3n) is 5.07. The molecule has 1 fully saturated rings. The van der Waals surface area contributed by atoms with Gasteiger partial charge in [-0.25, -0.2) is 4.79 Å². The molecular weight excluding hydrogens is 406 g/mol. The van der Waals surface area contributed by atoms with Gasteiger partial charge in [0, 0.05) is 5.33 Å². The minimum absolute atomic E-state index is 0.0136. The van der Waals surface area contributed by atoms with Crippen LogP contribution in [0.25, 0.3) is 5.57 Å². The van der Waals surface area contributed by atoms with Crippen molar-refractivity contribution in [3.63, 3.8) is 0 Å². The zero-order chi connectivity index (χ0) is 18.6. The van der Waals surface area contributed by atoms with E-state index >= 15 is 0 Å². The van der Waals surface area contributed by atoms with E-state index in [9.17, 15) is 4.79 Å². The van der Waals surface area contributed by atoms with Gasteiger partial charge in [-0.1, -0.05) is 76.6 Å². The van der Waals surface area contributed by atoms with E-state index in [2.05, 4.69) is 46.3 Å². The lowest BCUT2D eigenvalue weighted by molar-refractivity contribution is -0.0342. The summed E-state index contributed by atoms with van der Waals surface area (Å²) in [4.78, 5) is 14.6. The predicted octanol–water partition coefficient (Wildman–Crippen LogP) is 4.77. The van der Waals surface area contributed by atoms with Crippen LogP contribution in [0.15, 0.2) is 60.7 Å². The van der Waals surface area contributed by atoms with Crippen molar-refractivity contribution >= 4 is 27.6 Å². The van der Waals surface area contributed by atoms with Gasteiger partial charge in [0.2, 0.25) is 0 Å². The molecule has 140 valence electrons. The number of nitrogens with zero attached hydrogens (tertiary/aromatic N) is 1. The molecule has 2 aromatic carbocycles. The summed E-state index contributed by atoms with van der Waals surface area (Å²) in [6.07, 6.45) is 2.68. The zero-order valence-corrected chi connectivity index (χ0v) is 16.6. The van der Waals surface area contributed by atoms with Crippen molar-refractivity contribution in [2.24, 2.45) is 0 Å². The van der Waals surface area contributed by atoms with Gasteiger partial charge in [-0.3, -0.25) is 4.90 Å². The van der Waals surface area contributed by atoms with Crippen molar-refractivity contribution in [1.82, 2.24) is 4.90 Å². The minimum Gasteiger partial charge on any atom is -0.445 e. The first-order valence-electron chi connectivity index (χ1n) is 9.17. The van der Waals surface area contributed by atoms with E-state index in [1.165, 1.54) is 16.7 Å². The first-order valence-corrected chi connectivity index (χ1v) is 10.3. The van der Waals surface area contributed by atoms with Gasteiger partial charge in [0.15, 0.2) is 0 Å². The Kier molecular flexibility index (Phi) is 5.60. The molecule has 0 aliphatic carbocycles. The van der Waals surface area contributed by atoms with E-state index in [0.29, 0.717) is 19.8 Å². The van der Waals surface area contributed by atoms with E-state index in [0.717, 1.165) is 17.3 Å². The summed E-state index contributed by atoms with van der Waals surface area (Å²) in [5.74, 6) is 0. The van der Waals surface area contributed by atoms with Gasteiger partial charge in [0.25, 0.3) is 0 Å². The number of morpholine rings is 1. The Bertz CT molecular complexity index is 836. The molecule has 5 heteroatoms. The van der Waals surface area contributed by atoms with Crippen LogP contribution in [-0.4, -0.2) is 36.3 Å². The quantitative estimate of drug-likeness (QED) is 0.659. The summed E-state index contributed by atoms with van der Waals surface area (Å²) < 4.78 is 11.3. The highest BCUT2D eigenvalue weighted by Gasteiger charge is 2.39. The Labute approximate surface area is 167 Å². The first-order chi connectivity index (χ1) is 13.2. The van der Waals surface area contributed by atoms with Gasteiger partial charge < -0.3 is 9.47 Å². The highest BCUT2D eigenvalue weighted by atomic mass is 79.9. The molecule has 2 unspecified atom stereocenters. The lowest BCUT2D eigenvalue weighted by Crippen LogP contribution is -2.56. The van der Waals surface area contributed by atoms with E-state index < -0.39 is 0 Å². The predicted molar refractivity (Wildman–Crippen MR) is 109 cm³/mol. The third-order valence-corrected chi connectivity index (χ3v) is 5.71. The number of fused-ring (bicyclic) bond motifs is 2. The number of hydrogen-bond acceptors (Lipinski definition) is 3. The number of carbonyl (C=O) groups excluding carboxylic acids is 1. The highest BCUT2D eigenvalue weighted by molar-refractivity contribution is 9.08. The van der Waals surface area contributed by atoms with E-state index in [-0.39, 0.29) is 18.2 Å². The maximum absolute atomic E-state index is 12.7. The van der Waals surface area contributed by atoms with Crippen molar-refractivity contribution in [2.45, 2.75) is 30.4 Å². The van der Waals surface area contributed by atoms with Crippen molar-refractivity contribution in [3.8, 4) is 0 Å². The molecule has 0 radical (unpaired) electrons. The maximum atomic E-state index is 12.7. The molecule has 4 rings (SSSR count). The molecule has 2 bridgehead atoms. The summed E-state index contributed by atoms with van der Waals surface area (Å²) in [6, 6.07) is 18.2. The standard InChI is InChI=1S/C22H22BrNO3/c23-12-17-7-4-8-18(9-17)19-10-20-14-26-15-21(11-19)24(20)22(25)27-13-16-5-2-1-3-6-16/h1-10,20-21H,11-15H2. The number of halogens is 1. The van der Waals surface area contributed by atoms with Crippen molar-refractivity contribution < 1.29 is 14.3 Å². The fraction of sp³-hybridized carbons (Fsp3) is 0.318. The molecule has 2 heterocycles. The summed E-state index contributed by atoms with van der Waals surface area (Å²) in [7, 11) is 0. The van der Waals surface area contributed by atoms with E-state index in [4.69, 9.17) is 9.47 Å². The number of benzene rings is 2. The third kappa shape index (κ3) is 4.09. The number of alkyl halides is 1. The van der Waals surface area contributed by atoms with Crippen LogP contribution in [0, 0.1) is 0 Å². The van der Waals surface area contributed by atoms with Gasteiger partial charge in [-0.05, 0) is 28.7 Å². The van der Waals surface area contributed by atoms with Gasteiger partial charge in [-0.15, -0.1) is 0 Å². The molecule has 2 aliphatic heterocycles. The zero-order valence-electron chi connectivity index (χ0n) is 15.0. The molecule has 0 aromatic heterocycles. The summed E-state index contributed by atoms with van der Waals surface area (Å²) in [6.45, 7) is 1.35. The summed E-state index contributed by atoms with van der Waals surface area (Å²) in [5.41, 5.74) is 4.75. The Morgan fingerprint density at radius 2 is 1.93 bits per heavy atom. The SMILES string of the molecule is O=C(OCc1ccccc1)N1C2C=C(c3cccc(CBr)c3)CC1COC2. The second kappa shape index (κ2) is 8.28. The number of hydrogen-bond donors (Lipinski definition) is 0. The molecule has 1 saturated heterocycles. The normalized spacial score (nSPS) is 21.5. The number of amides is 1. The molecule has 2 atom stereocenters. The smallest absolute Gasteiger partial charge is 0.411 e. The topological polar surface area (TPSA) is 38.8 Å². The molecule has 2 aliphatic rings. The molecule has 1 amide bonds. The second-order valence-corrected chi connectivity index (χ2v) is 7.50. The lowest BCUT2D eigenvalue weighted by atomic mass is 9.89. The van der Waals surface area contributed by atoms with Crippen LogP contribution in [0.5, 0.6) is 0 Å². The van der Waals surface area contributed by atoms with Crippen LogP contribution in [-0.2, 0) is 21.4 Å². The molecule has 0 spiro atoms. The average molecular weight is 428 g/mol. The monoisotopic (exact) mass is 427 g/mol. The fourth-order valence-electron chi connectivity index (χ4n) is 3.74. The summed E-state index contributed by atoms with van der Waals surface area (Å²) in [5, 5.41) is 0.835. The Hall–Kier alpha value is -2.11. The van der Waals surface area contributed by atoms with Crippen molar-refractivity contribution in [1.29, 1.82) is 0 Å². The van der Waals surface area contributed by atoms with Crippen molar-refractivity contribution in [3.05, 3.63) is 77.4 Å². The molecular formula is C22H22BrNO3. The number of rotatable bonds is 4. The number of carbonyl (C=O) groups is 1. The van der Waals surface area contributed by atoms with Gasteiger partial charge in [-0.2, -0.15) is 0 Å². The van der Waals surface area contributed by atoms with Crippen molar-refractivity contribution in [2.75, 3.05) is 13.2 Å². The van der Waals surface area contributed by atoms with Crippen LogP contribution in [0.3, 0.4) is 0 Å². The van der Waals surface area contributed by atoms with E-state index in [1.807, 2.05) is 35.2 Å². The van der Waals surface area contributed by atoms with Crippen LogP contribution < -0.4 is 0 Å². The maximum Gasteiger partial charge on any atom is 0.411 e. The largest absolute Gasteiger partial charge is 0.445 e. The molecule has 27 heavy (non-hydrogen) atoms.